The topological polar surface area (TPSA) is 94.0 Å². The zero-order chi connectivity index (χ0) is 13.8. The number of carboxylic acids is 1. The van der Waals surface area contributed by atoms with Gasteiger partial charge in [-0.3, -0.25) is 4.79 Å². The fraction of sp³-hybridized carbons (Fsp3) is 0.769. The fourth-order valence-corrected chi connectivity index (χ4v) is 2.77. The molecule has 0 aliphatic heterocycles. The van der Waals surface area contributed by atoms with Crippen LogP contribution < -0.4 is 5.73 Å². The van der Waals surface area contributed by atoms with Gasteiger partial charge in [-0.15, -0.1) is 5.10 Å². The van der Waals surface area contributed by atoms with Crippen LogP contribution in [0, 0.1) is 5.92 Å². The van der Waals surface area contributed by atoms with Gasteiger partial charge in [-0.1, -0.05) is 31.4 Å². The summed E-state index contributed by atoms with van der Waals surface area (Å²) in [5.41, 5.74) is 6.16. The zero-order valence-electron chi connectivity index (χ0n) is 11.3. The first-order valence-electron chi connectivity index (χ1n) is 6.99. The van der Waals surface area contributed by atoms with Gasteiger partial charge in [-0.25, -0.2) is 4.68 Å². The van der Waals surface area contributed by atoms with Gasteiger partial charge in [0.05, 0.1) is 11.7 Å². The molecule has 1 fully saturated rings. The number of nitrogens with two attached hydrogens (primary N) is 1. The number of rotatable bonds is 5. The van der Waals surface area contributed by atoms with Crippen molar-refractivity contribution in [2.24, 2.45) is 11.7 Å². The molecular weight excluding hydrogens is 244 g/mol. The molecule has 1 aromatic rings. The molecule has 1 saturated carbocycles. The van der Waals surface area contributed by atoms with Gasteiger partial charge in [0.1, 0.15) is 6.04 Å². The lowest BCUT2D eigenvalue weighted by atomic mass is 9.84. The third kappa shape index (κ3) is 3.53. The molecule has 0 saturated heterocycles. The lowest BCUT2D eigenvalue weighted by molar-refractivity contribution is -0.138. The van der Waals surface area contributed by atoms with Crippen molar-refractivity contribution >= 4 is 5.97 Å². The number of hydrogen-bond acceptors (Lipinski definition) is 4. The van der Waals surface area contributed by atoms with Gasteiger partial charge in [0.2, 0.25) is 0 Å². The zero-order valence-corrected chi connectivity index (χ0v) is 11.3. The first-order chi connectivity index (χ1) is 9.10. The number of carboxylic acid groups (broad SMARTS) is 1. The minimum atomic E-state index is -1.00. The van der Waals surface area contributed by atoms with E-state index in [1.165, 1.54) is 19.3 Å². The van der Waals surface area contributed by atoms with Crippen molar-refractivity contribution in [3.8, 4) is 0 Å². The molecule has 3 N–H and O–H groups in total. The van der Waals surface area contributed by atoms with Crippen LogP contribution in [0.15, 0.2) is 6.20 Å². The van der Waals surface area contributed by atoms with E-state index in [-0.39, 0.29) is 6.42 Å². The van der Waals surface area contributed by atoms with Crippen LogP contribution in [-0.4, -0.2) is 32.1 Å². The molecule has 1 aliphatic carbocycles. The van der Waals surface area contributed by atoms with Gasteiger partial charge in [0.15, 0.2) is 0 Å². The van der Waals surface area contributed by atoms with E-state index in [1.54, 1.807) is 0 Å². The molecule has 1 heterocycles. The van der Waals surface area contributed by atoms with Crippen LogP contribution >= 0.6 is 0 Å². The number of aliphatic carboxylic acids is 1. The molecule has 0 amide bonds. The highest BCUT2D eigenvalue weighted by atomic mass is 16.4. The van der Waals surface area contributed by atoms with E-state index in [2.05, 4.69) is 17.2 Å². The standard InChI is InChI=1S/C13H22N4O2/c1-2-9-4-3-5-11(6-9)17-8-10(15-16-17)7-12(14)13(18)19/h8-9,11-12H,2-7,14H2,1H3,(H,18,19). The van der Waals surface area contributed by atoms with Crippen LogP contribution in [0.5, 0.6) is 0 Å². The molecule has 0 spiro atoms. The van der Waals surface area contributed by atoms with Gasteiger partial charge in [0.25, 0.3) is 0 Å². The molecule has 19 heavy (non-hydrogen) atoms. The second-order valence-electron chi connectivity index (χ2n) is 5.43. The second kappa shape index (κ2) is 6.14. The van der Waals surface area contributed by atoms with Crippen molar-refractivity contribution in [3.05, 3.63) is 11.9 Å². The lowest BCUT2D eigenvalue weighted by Gasteiger charge is -2.28. The maximum absolute atomic E-state index is 10.7. The van der Waals surface area contributed by atoms with Crippen molar-refractivity contribution in [2.45, 2.75) is 57.5 Å². The molecule has 1 aromatic heterocycles. The Morgan fingerprint density at radius 2 is 2.42 bits per heavy atom. The Balaban J connectivity index is 1.98. The van der Waals surface area contributed by atoms with E-state index in [0.717, 1.165) is 18.8 Å². The van der Waals surface area contributed by atoms with Gasteiger partial charge in [0, 0.05) is 12.6 Å². The van der Waals surface area contributed by atoms with Crippen molar-refractivity contribution in [1.29, 1.82) is 0 Å². The van der Waals surface area contributed by atoms with Gasteiger partial charge in [-0.2, -0.15) is 0 Å². The summed E-state index contributed by atoms with van der Waals surface area (Å²) in [6, 6.07) is -0.499. The minimum absolute atomic E-state index is 0.235. The smallest absolute Gasteiger partial charge is 0.320 e. The van der Waals surface area contributed by atoms with Gasteiger partial charge >= 0.3 is 5.97 Å². The Bertz CT molecular complexity index is 432. The van der Waals surface area contributed by atoms with Crippen LogP contribution in [0.3, 0.4) is 0 Å². The quantitative estimate of drug-likeness (QED) is 0.839. The van der Waals surface area contributed by atoms with E-state index in [1.807, 2.05) is 10.9 Å². The fourth-order valence-electron chi connectivity index (χ4n) is 2.77. The highest BCUT2D eigenvalue weighted by molar-refractivity contribution is 5.73. The molecular formula is C13H22N4O2. The number of nitrogens with zero attached hydrogens (tertiary/aromatic N) is 3. The van der Waals surface area contributed by atoms with Crippen LogP contribution in [0.4, 0.5) is 0 Å². The summed E-state index contributed by atoms with van der Waals surface area (Å²) in [6.45, 7) is 2.23. The van der Waals surface area contributed by atoms with Gasteiger partial charge in [-0.05, 0) is 18.8 Å². The van der Waals surface area contributed by atoms with E-state index in [4.69, 9.17) is 10.8 Å². The van der Waals surface area contributed by atoms with Crippen molar-refractivity contribution < 1.29 is 9.90 Å². The highest BCUT2D eigenvalue weighted by Crippen LogP contribution is 2.33. The summed E-state index contributed by atoms with van der Waals surface area (Å²) < 4.78 is 1.89. The summed E-state index contributed by atoms with van der Waals surface area (Å²) in [6.07, 6.45) is 8.10. The molecule has 1 aliphatic rings. The van der Waals surface area contributed by atoms with E-state index < -0.39 is 12.0 Å². The maximum Gasteiger partial charge on any atom is 0.320 e. The Kier molecular flexibility index (Phi) is 4.52. The average molecular weight is 266 g/mol. The van der Waals surface area contributed by atoms with Gasteiger partial charge < -0.3 is 10.8 Å². The van der Waals surface area contributed by atoms with Crippen LogP contribution in [0.25, 0.3) is 0 Å². The molecule has 2 rings (SSSR count). The predicted octanol–water partition coefficient (Wildman–Crippen LogP) is 1.37. The number of aromatic nitrogens is 3. The van der Waals surface area contributed by atoms with Crippen LogP contribution in [0.2, 0.25) is 0 Å². The normalized spacial score (nSPS) is 25.2. The van der Waals surface area contributed by atoms with E-state index in [9.17, 15) is 4.79 Å². The summed E-state index contributed by atoms with van der Waals surface area (Å²) in [5.74, 6) is -0.231. The molecule has 0 aromatic carbocycles. The number of hydrogen-bond donors (Lipinski definition) is 2. The molecule has 3 atom stereocenters. The third-order valence-corrected chi connectivity index (χ3v) is 4.01. The summed E-state index contributed by atoms with van der Waals surface area (Å²) in [7, 11) is 0. The minimum Gasteiger partial charge on any atom is -0.480 e. The van der Waals surface area contributed by atoms with Crippen LogP contribution in [0.1, 0.15) is 50.8 Å². The van der Waals surface area contributed by atoms with Crippen molar-refractivity contribution in [3.63, 3.8) is 0 Å². The molecule has 0 radical (unpaired) electrons. The molecule has 6 heteroatoms. The largest absolute Gasteiger partial charge is 0.480 e. The first kappa shape index (κ1) is 14.0. The Labute approximate surface area is 113 Å². The van der Waals surface area contributed by atoms with E-state index in [0.29, 0.717) is 11.7 Å². The second-order valence-corrected chi connectivity index (χ2v) is 5.43. The molecule has 3 unspecified atom stereocenters. The summed E-state index contributed by atoms with van der Waals surface area (Å²) in [4.78, 5) is 10.7. The first-order valence-corrected chi connectivity index (χ1v) is 6.99. The SMILES string of the molecule is CCC1CCCC(n2cc(CC(N)C(=O)O)nn2)C1. The monoisotopic (exact) mass is 266 g/mol. The van der Waals surface area contributed by atoms with Crippen molar-refractivity contribution in [1.82, 2.24) is 15.0 Å². The Morgan fingerprint density at radius 3 is 3.11 bits per heavy atom. The third-order valence-electron chi connectivity index (χ3n) is 4.01. The number of carbonyl (C=O) groups is 1. The average Bonchev–Trinajstić information content (AvgIpc) is 2.87. The predicted molar refractivity (Wildman–Crippen MR) is 70.6 cm³/mol. The molecule has 0 bridgehead atoms. The Hall–Kier alpha value is -1.43. The maximum atomic E-state index is 10.7. The molecule has 106 valence electrons. The lowest BCUT2D eigenvalue weighted by Crippen LogP contribution is -2.32. The highest BCUT2D eigenvalue weighted by Gasteiger charge is 2.23. The van der Waals surface area contributed by atoms with Crippen molar-refractivity contribution in [2.75, 3.05) is 0 Å². The van der Waals surface area contributed by atoms with E-state index >= 15 is 0 Å². The Morgan fingerprint density at radius 1 is 1.63 bits per heavy atom. The summed E-state index contributed by atoms with van der Waals surface area (Å²) >= 11 is 0. The summed E-state index contributed by atoms with van der Waals surface area (Å²) in [5, 5.41) is 17.0. The van der Waals surface area contributed by atoms with Crippen LogP contribution in [-0.2, 0) is 11.2 Å². The molecule has 6 nitrogen and oxygen atoms in total.